The zero-order valence-electron chi connectivity index (χ0n) is 17.4. The summed E-state index contributed by atoms with van der Waals surface area (Å²) < 4.78 is 6.78. The Bertz CT molecular complexity index is 856. The van der Waals surface area contributed by atoms with Gasteiger partial charge in [0.15, 0.2) is 0 Å². The summed E-state index contributed by atoms with van der Waals surface area (Å²) in [6.07, 6.45) is 2.09. The normalized spacial score (nSPS) is 14.7. The van der Waals surface area contributed by atoms with Crippen molar-refractivity contribution >= 4 is 11.8 Å². The number of aromatic nitrogens is 2. The van der Waals surface area contributed by atoms with Crippen molar-refractivity contribution in [1.29, 1.82) is 0 Å². The second kappa shape index (κ2) is 9.56. The summed E-state index contributed by atoms with van der Waals surface area (Å²) in [4.78, 5) is 28.9. The molecule has 1 fully saturated rings. The van der Waals surface area contributed by atoms with E-state index in [2.05, 4.69) is 15.3 Å². The summed E-state index contributed by atoms with van der Waals surface area (Å²) in [5.41, 5.74) is 2.68. The van der Waals surface area contributed by atoms with Crippen LogP contribution in [0.15, 0.2) is 30.5 Å². The number of nitrogens with zero attached hydrogens (tertiary/aromatic N) is 4. The maximum absolute atomic E-state index is 12.7. The van der Waals surface area contributed by atoms with Gasteiger partial charge in [-0.15, -0.1) is 5.10 Å². The number of hydrogen-bond donors (Lipinski definition) is 1. The minimum absolute atomic E-state index is 0.0353. The van der Waals surface area contributed by atoms with Crippen LogP contribution in [0.4, 0.5) is 0 Å². The van der Waals surface area contributed by atoms with Crippen LogP contribution in [0.2, 0.25) is 0 Å². The van der Waals surface area contributed by atoms with Crippen molar-refractivity contribution in [2.45, 2.75) is 13.3 Å². The van der Waals surface area contributed by atoms with Gasteiger partial charge in [-0.1, -0.05) is 29.8 Å². The van der Waals surface area contributed by atoms with Gasteiger partial charge in [-0.05, 0) is 12.5 Å². The van der Waals surface area contributed by atoms with Gasteiger partial charge in [0.2, 0.25) is 11.8 Å². The summed E-state index contributed by atoms with van der Waals surface area (Å²) in [7, 11) is 3.29. The molecule has 0 unspecified atom stereocenters. The maximum atomic E-state index is 12.7. The van der Waals surface area contributed by atoms with Crippen molar-refractivity contribution in [2.75, 3.05) is 46.4 Å². The highest BCUT2D eigenvalue weighted by Gasteiger charge is 2.26. The van der Waals surface area contributed by atoms with Gasteiger partial charge in [0.05, 0.1) is 13.5 Å². The predicted octanol–water partition coefficient (Wildman–Crippen LogP) is 0.854. The number of nitrogens with one attached hydrogen (secondary N) is 1. The Hall–Kier alpha value is -2.87. The third kappa shape index (κ3) is 5.57. The highest BCUT2D eigenvalue weighted by molar-refractivity contribution is 5.96. The lowest BCUT2D eigenvalue weighted by atomic mass is 10.1. The molecular formula is C21H29N5O3. The molecule has 1 aliphatic heterocycles. The molecule has 2 aromatic rings. The fourth-order valence-corrected chi connectivity index (χ4v) is 3.53. The molecule has 29 heavy (non-hydrogen) atoms. The van der Waals surface area contributed by atoms with E-state index in [1.807, 2.05) is 36.1 Å². The van der Waals surface area contributed by atoms with Crippen LogP contribution >= 0.6 is 0 Å². The Morgan fingerprint density at radius 1 is 1.21 bits per heavy atom. The van der Waals surface area contributed by atoms with Crippen molar-refractivity contribution in [3.05, 3.63) is 47.2 Å². The first-order chi connectivity index (χ1) is 14.0. The molecule has 1 saturated heterocycles. The number of amides is 2. The summed E-state index contributed by atoms with van der Waals surface area (Å²) in [6, 6.07) is 8.00. The standard InChI is InChI=1S/C21H29N5O3/c1-16-5-4-6-17(13-16)14-19(27)22-7-8-25-9-11-26(12-10-25)21(28)18-15-24(2)23-20(18)29-3/h4-6,13,15H,7-12,14H2,1-3H3,(H,22,27). The van der Waals surface area contributed by atoms with Crippen LogP contribution in [0.3, 0.4) is 0 Å². The van der Waals surface area contributed by atoms with Crippen molar-refractivity contribution in [3.63, 3.8) is 0 Å². The van der Waals surface area contributed by atoms with Gasteiger partial charge in [0.1, 0.15) is 5.56 Å². The fourth-order valence-electron chi connectivity index (χ4n) is 3.53. The molecule has 1 aromatic heterocycles. The molecule has 2 amide bonds. The monoisotopic (exact) mass is 399 g/mol. The molecule has 3 rings (SSSR count). The lowest BCUT2D eigenvalue weighted by Crippen LogP contribution is -2.50. The lowest BCUT2D eigenvalue weighted by Gasteiger charge is -2.34. The minimum atomic E-state index is -0.0546. The second-order valence-corrected chi connectivity index (χ2v) is 7.38. The molecule has 8 nitrogen and oxygen atoms in total. The number of aryl methyl sites for hydroxylation is 2. The number of ether oxygens (including phenoxy) is 1. The van der Waals surface area contributed by atoms with E-state index in [1.54, 1.807) is 17.9 Å². The average Bonchev–Trinajstić information content (AvgIpc) is 3.09. The number of methoxy groups -OCH3 is 1. The van der Waals surface area contributed by atoms with E-state index in [1.165, 1.54) is 7.11 Å². The predicted molar refractivity (Wildman–Crippen MR) is 110 cm³/mol. The van der Waals surface area contributed by atoms with Crippen LogP contribution in [0, 0.1) is 6.92 Å². The number of benzene rings is 1. The van der Waals surface area contributed by atoms with Crippen molar-refractivity contribution in [3.8, 4) is 5.88 Å². The Morgan fingerprint density at radius 3 is 2.66 bits per heavy atom. The quantitative estimate of drug-likeness (QED) is 0.747. The van der Waals surface area contributed by atoms with Gasteiger partial charge in [-0.25, -0.2) is 0 Å². The summed E-state index contributed by atoms with van der Waals surface area (Å²) >= 11 is 0. The van der Waals surface area contributed by atoms with E-state index < -0.39 is 0 Å². The molecule has 1 aromatic carbocycles. The van der Waals surface area contributed by atoms with Crippen LogP contribution in [-0.4, -0.2) is 77.8 Å². The van der Waals surface area contributed by atoms with Crippen molar-refractivity contribution < 1.29 is 14.3 Å². The first-order valence-corrected chi connectivity index (χ1v) is 9.88. The van der Waals surface area contributed by atoms with Crippen LogP contribution in [0.5, 0.6) is 5.88 Å². The van der Waals surface area contributed by atoms with E-state index in [4.69, 9.17) is 4.74 Å². The Morgan fingerprint density at radius 2 is 1.97 bits per heavy atom. The molecule has 0 atom stereocenters. The number of carbonyl (C=O) groups is 2. The van der Waals surface area contributed by atoms with Gasteiger partial charge in [-0.2, -0.15) is 0 Å². The van der Waals surface area contributed by atoms with E-state index in [0.29, 0.717) is 37.5 Å². The van der Waals surface area contributed by atoms with Crippen molar-refractivity contribution in [1.82, 2.24) is 24.9 Å². The molecule has 0 spiro atoms. The molecule has 8 heteroatoms. The Kier molecular flexibility index (Phi) is 6.87. The SMILES string of the molecule is COc1nn(C)cc1C(=O)N1CCN(CCNC(=O)Cc2cccc(C)c2)CC1. The van der Waals surface area contributed by atoms with E-state index >= 15 is 0 Å². The number of rotatable bonds is 7. The second-order valence-electron chi connectivity index (χ2n) is 7.38. The molecule has 156 valence electrons. The van der Waals surface area contributed by atoms with Gasteiger partial charge < -0.3 is 15.0 Å². The van der Waals surface area contributed by atoms with E-state index in [0.717, 1.165) is 30.8 Å². The lowest BCUT2D eigenvalue weighted by molar-refractivity contribution is -0.120. The molecular weight excluding hydrogens is 370 g/mol. The third-order valence-corrected chi connectivity index (χ3v) is 5.08. The number of hydrogen-bond acceptors (Lipinski definition) is 5. The smallest absolute Gasteiger partial charge is 0.261 e. The van der Waals surface area contributed by atoms with E-state index in [9.17, 15) is 9.59 Å². The highest BCUT2D eigenvalue weighted by atomic mass is 16.5. The van der Waals surface area contributed by atoms with Crippen LogP contribution in [0.25, 0.3) is 0 Å². The maximum Gasteiger partial charge on any atom is 0.261 e. The molecule has 0 radical (unpaired) electrons. The molecule has 0 aliphatic carbocycles. The molecule has 2 heterocycles. The first kappa shape index (κ1) is 20.9. The summed E-state index contributed by atoms with van der Waals surface area (Å²) in [5.74, 6) is 0.338. The fraction of sp³-hybridized carbons (Fsp3) is 0.476. The van der Waals surface area contributed by atoms with Gasteiger partial charge >= 0.3 is 0 Å². The van der Waals surface area contributed by atoms with Crippen molar-refractivity contribution in [2.24, 2.45) is 7.05 Å². The van der Waals surface area contributed by atoms with Gasteiger partial charge in [0, 0.05) is 52.5 Å². The largest absolute Gasteiger partial charge is 0.479 e. The summed E-state index contributed by atoms with van der Waals surface area (Å²) in [6.45, 7) is 6.26. The first-order valence-electron chi connectivity index (χ1n) is 9.88. The topological polar surface area (TPSA) is 79.7 Å². The van der Waals surface area contributed by atoms with Crippen LogP contribution in [-0.2, 0) is 18.3 Å². The van der Waals surface area contributed by atoms with E-state index in [-0.39, 0.29) is 11.8 Å². The van der Waals surface area contributed by atoms with Crippen LogP contribution in [0.1, 0.15) is 21.5 Å². The molecule has 1 aliphatic rings. The number of piperazine rings is 1. The van der Waals surface area contributed by atoms with Gasteiger partial charge in [-0.3, -0.25) is 19.2 Å². The minimum Gasteiger partial charge on any atom is -0.479 e. The zero-order valence-corrected chi connectivity index (χ0v) is 17.4. The molecule has 0 bridgehead atoms. The molecule has 0 saturated carbocycles. The van der Waals surface area contributed by atoms with Gasteiger partial charge in [0.25, 0.3) is 5.91 Å². The Labute approximate surface area is 171 Å². The zero-order chi connectivity index (χ0) is 20.8. The average molecular weight is 399 g/mol. The van der Waals surface area contributed by atoms with Crippen LogP contribution < -0.4 is 10.1 Å². The molecule has 1 N–H and O–H groups in total. The third-order valence-electron chi connectivity index (χ3n) is 5.08. The summed E-state index contributed by atoms with van der Waals surface area (Å²) in [5, 5.41) is 7.13. The number of carbonyl (C=O) groups excluding carboxylic acids is 2. The highest BCUT2D eigenvalue weighted by Crippen LogP contribution is 2.18. The Balaban J connectivity index is 1.39.